The van der Waals surface area contributed by atoms with Crippen molar-refractivity contribution in [3.63, 3.8) is 0 Å². The molecule has 4 heterocycles. The molecule has 0 aliphatic carbocycles. The molecule has 2 aliphatic rings. The van der Waals surface area contributed by atoms with Crippen LogP contribution in [0, 0.1) is 5.92 Å². The van der Waals surface area contributed by atoms with Crippen LogP contribution in [0.5, 0.6) is 0 Å². The maximum Gasteiger partial charge on any atom is 0.305 e. The van der Waals surface area contributed by atoms with E-state index < -0.39 is 12.0 Å². The number of carbonyl (C=O) groups excluding carboxylic acids is 1. The zero-order valence-corrected chi connectivity index (χ0v) is 17.9. The number of carboxylic acid groups (broad SMARTS) is 1. The normalized spacial score (nSPS) is 20.5. The Balaban J connectivity index is 1.43. The predicted octanol–water partition coefficient (Wildman–Crippen LogP) is 2.48. The Labute approximate surface area is 180 Å². The predicted molar refractivity (Wildman–Crippen MR) is 113 cm³/mol. The standard InChI is InChI=1S/C21H29N5O3S/c27-19(28)12-17(15-7-11-30-13-15)23-21(29)16-2-1-10-26-18(24-25-20(16)26)4-3-14-5-8-22-9-6-14/h7,11,13-14,16-17,22H,1-6,8-10,12H2,(H,23,29)(H,27,28). The fourth-order valence-electron chi connectivity index (χ4n) is 4.54. The molecular weight excluding hydrogens is 402 g/mol. The van der Waals surface area contributed by atoms with E-state index in [1.807, 2.05) is 16.8 Å². The van der Waals surface area contributed by atoms with E-state index in [1.54, 1.807) is 0 Å². The first-order valence-corrected chi connectivity index (χ1v) is 11.7. The Kier molecular flexibility index (Phi) is 6.79. The fraction of sp³-hybridized carbons (Fsp3) is 0.619. The highest BCUT2D eigenvalue weighted by Crippen LogP contribution is 2.29. The Morgan fingerprint density at radius 1 is 1.30 bits per heavy atom. The summed E-state index contributed by atoms with van der Waals surface area (Å²) in [6, 6.07) is 1.33. The van der Waals surface area contributed by atoms with Crippen LogP contribution in [-0.2, 0) is 22.6 Å². The van der Waals surface area contributed by atoms with Crippen molar-refractivity contribution in [1.82, 2.24) is 25.4 Å². The molecule has 0 spiro atoms. The number of thiophene rings is 1. The van der Waals surface area contributed by atoms with Crippen molar-refractivity contribution in [2.45, 2.75) is 63.5 Å². The number of aromatic nitrogens is 3. The van der Waals surface area contributed by atoms with Gasteiger partial charge in [0.05, 0.1) is 18.4 Å². The average molecular weight is 432 g/mol. The lowest BCUT2D eigenvalue weighted by molar-refractivity contribution is -0.137. The number of rotatable bonds is 8. The second-order valence-corrected chi connectivity index (χ2v) is 9.05. The van der Waals surface area contributed by atoms with Crippen molar-refractivity contribution in [2.75, 3.05) is 13.1 Å². The van der Waals surface area contributed by atoms with Gasteiger partial charge in [-0.3, -0.25) is 9.59 Å². The van der Waals surface area contributed by atoms with E-state index in [9.17, 15) is 14.7 Å². The van der Waals surface area contributed by atoms with Gasteiger partial charge in [-0.15, -0.1) is 10.2 Å². The lowest BCUT2D eigenvalue weighted by atomic mass is 9.93. The van der Waals surface area contributed by atoms with Crippen LogP contribution in [-0.4, -0.2) is 44.8 Å². The number of hydrogen-bond acceptors (Lipinski definition) is 6. The van der Waals surface area contributed by atoms with Gasteiger partial charge in [0.1, 0.15) is 11.6 Å². The molecule has 0 aromatic carbocycles. The van der Waals surface area contributed by atoms with Crippen LogP contribution in [0.15, 0.2) is 16.8 Å². The van der Waals surface area contributed by atoms with Gasteiger partial charge < -0.3 is 20.3 Å². The van der Waals surface area contributed by atoms with Gasteiger partial charge >= 0.3 is 5.97 Å². The van der Waals surface area contributed by atoms with Crippen LogP contribution in [0.2, 0.25) is 0 Å². The first-order chi connectivity index (χ1) is 14.6. The van der Waals surface area contributed by atoms with E-state index in [4.69, 9.17) is 0 Å². The molecule has 1 fully saturated rings. The third-order valence-electron chi connectivity index (χ3n) is 6.23. The van der Waals surface area contributed by atoms with E-state index in [0.29, 0.717) is 6.42 Å². The molecule has 3 N–H and O–H groups in total. The molecule has 2 aromatic heterocycles. The smallest absolute Gasteiger partial charge is 0.305 e. The molecule has 2 atom stereocenters. The first kappa shape index (κ1) is 21.0. The summed E-state index contributed by atoms with van der Waals surface area (Å²) in [4.78, 5) is 24.4. The molecule has 0 bridgehead atoms. The van der Waals surface area contributed by atoms with Crippen molar-refractivity contribution in [1.29, 1.82) is 0 Å². The van der Waals surface area contributed by atoms with Crippen molar-refractivity contribution in [3.8, 4) is 0 Å². The van der Waals surface area contributed by atoms with Gasteiger partial charge in [0.15, 0.2) is 0 Å². The van der Waals surface area contributed by atoms with Crippen molar-refractivity contribution in [3.05, 3.63) is 34.0 Å². The molecule has 0 radical (unpaired) electrons. The molecular formula is C21H29N5O3S. The van der Waals surface area contributed by atoms with E-state index in [0.717, 1.165) is 62.0 Å². The summed E-state index contributed by atoms with van der Waals surface area (Å²) < 4.78 is 2.12. The number of carbonyl (C=O) groups is 2. The van der Waals surface area contributed by atoms with Crippen molar-refractivity contribution in [2.24, 2.45) is 5.92 Å². The average Bonchev–Trinajstić information content (AvgIpc) is 3.42. The number of aliphatic carboxylic acids is 1. The molecule has 162 valence electrons. The molecule has 9 heteroatoms. The van der Waals surface area contributed by atoms with Gasteiger partial charge in [0.25, 0.3) is 0 Å². The highest BCUT2D eigenvalue weighted by atomic mass is 32.1. The van der Waals surface area contributed by atoms with Gasteiger partial charge in [-0.2, -0.15) is 11.3 Å². The van der Waals surface area contributed by atoms with Crippen molar-refractivity contribution < 1.29 is 14.7 Å². The summed E-state index contributed by atoms with van der Waals surface area (Å²) in [6.07, 6.45) is 5.88. The minimum atomic E-state index is -0.932. The van der Waals surface area contributed by atoms with Gasteiger partial charge in [-0.25, -0.2) is 0 Å². The molecule has 2 aromatic rings. The van der Waals surface area contributed by atoms with Gasteiger partial charge in [0.2, 0.25) is 5.91 Å². The molecule has 1 amide bonds. The topological polar surface area (TPSA) is 109 Å². The summed E-state index contributed by atoms with van der Waals surface area (Å²) in [6.45, 7) is 3.02. The summed E-state index contributed by atoms with van der Waals surface area (Å²) >= 11 is 1.49. The Hall–Kier alpha value is -2.26. The Morgan fingerprint density at radius 2 is 2.13 bits per heavy atom. The fourth-order valence-corrected chi connectivity index (χ4v) is 5.26. The van der Waals surface area contributed by atoms with E-state index >= 15 is 0 Å². The summed E-state index contributed by atoms with van der Waals surface area (Å²) in [5.41, 5.74) is 0.829. The highest BCUT2D eigenvalue weighted by molar-refractivity contribution is 7.08. The van der Waals surface area contributed by atoms with Crippen molar-refractivity contribution >= 4 is 23.2 Å². The van der Waals surface area contributed by atoms with E-state index in [2.05, 4.69) is 25.4 Å². The zero-order chi connectivity index (χ0) is 20.9. The number of fused-ring (bicyclic) bond motifs is 1. The minimum Gasteiger partial charge on any atom is -0.481 e. The van der Waals surface area contributed by atoms with E-state index in [-0.39, 0.29) is 18.2 Å². The number of nitrogens with zero attached hydrogens (tertiary/aromatic N) is 3. The Bertz CT molecular complexity index is 860. The molecule has 4 rings (SSSR count). The number of nitrogens with one attached hydrogen (secondary N) is 2. The SMILES string of the molecule is O=C(O)CC(NC(=O)C1CCCn2c(CCC3CCNCC3)nnc21)c1ccsc1. The zero-order valence-electron chi connectivity index (χ0n) is 17.0. The van der Waals surface area contributed by atoms with Crippen LogP contribution in [0.3, 0.4) is 0 Å². The minimum absolute atomic E-state index is 0.136. The van der Waals surface area contributed by atoms with Crippen LogP contribution in [0.4, 0.5) is 0 Å². The lowest BCUT2D eigenvalue weighted by Gasteiger charge is -2.26. The quantitative estimate of drug-likeness (QED) is 0.592. The third kappa shape index (κ3) is 4.89. The van der Waals surface area contributed by atoms with Crippen LogP contribution < -0.4 is 10.6 Å². The second-order valence-electron chi connectivity index (χ2n) is 8.27. The molecule has 2 unspecified atom stereocenters. The first-order valence-electron chi connectivity index (χ1n) is 10.8. The van der Waals surface area contributed by atoms with Crippen LogP contribution in [0.25, 0.3) is 0 Å². The highest BCUT2D eigenvalue weighted by Gasteiger charge is 2.32. The van der Waals surface area contributed by atoms with Gasteiger partial charge in [0, 0.05) is 13.0 Å². The number of amides is 1. The summed E-state index contributed by atoms with van der Waals surface area (Å²) in [5, 5.41) is 28.2. The molecule has 30 heavy (non-hydrogen) atoms. The van der Waals surface area contributed by atoms with Crippen LogP contribution >= 0.6 is 11.3 Å². The largest absolute Gasteiger partial charge is 0.481 e. The molecule has 1 saturated heterocycles. The number of aryl methyl sites for hydroxylation is 1. The Morgan fingerprint density at radius 3 is 2.87 bits per heavy atom. The number of hydrogen-bond donors (Lipinski definition) is 3. The summed E-state index contributed by atoms with van der Waals surface area (Å²) in [7, 11) is 0. The summed E-state index contributed by atoms with van der Waals surface area (Å²) in [5.74, 6) is 0.946. The van der Waals surface area contributed by atoms with Gasteiger partial charge in [-0.1, -0.05) is 0 Å². The monoisotopic (exact) mass is 431 g/mol. The van der Waals surface area contributed by atoms with Crippen LogP contribution in [0.1, 0.15) is 67.7 Å². The molecule has 0 saturated carbocycles. The number of piperidine rings is 1. The second kappa shape index (κ2) is 9.70. The maximum absolute atomic E-state index is 13.1. The number of carboxylic acids is 1. The molecule has 2 aliphatic heterocycles. The van der Waals surface area contributed by atoms with E-state index in [1.165, 1.54) is 24.2 Å². The van der Waals surface area contributed by atoms with Gasteiger partial charge in [-0.05, 0) is 73.5 Å². The maximum atomic E-state index is 13.1. The molecule has 8 nitrogen and oxygen atoms in total. The third-order valence-corrected chi connectivity index (χ3v) is 6.94. The lowest BCUT2D eigenvalue weighted by Crippen LogP contribution is -2.36.